The van der Waals surface area contributed by atoms with Gasteiger partial charge in [-0.2, -0.15) is 0 Å². The van der Waals surface area contributed by atoms with Crippen LogP contribution in [0, 0.1) is 6.92 Å². The van der Waals surface area contributed by atoms with Crippen LogP contribution in [-0.2, 0) is 11.3 Å². The minimum Gasteiger partial charge on any atom is -0.326 e. The molecule has 0 radical (unpaired) electrons. The van der Waals surface area contributed by atoms with E-state index in [0.717, 1.165) is 16.0 Å². The summed E-state index contributed by atoms with van der Waals surface area (Å²) in [7, 11) is 1.94. The fourth-order valence-corrected chi connectivity index (χ4v) is 2.85. The van der Waals surface area contributed by atoms with Crippen LogP contribution < -0.4 is 10.2 Å². The van der Waals surface area contributed by atoms with Gasteiger partial charge in [-0.25, -0.2) is 0 Å². The zero-order valence-electron chi connectivity index (χ0n) is 12.9. The molecule has 0 saturated heterocycles. The second-order valence-corrected chi connectivity index (χ2v) is 6.81. The smallest absolute Gasteiger partial charge is 0.279 e. The number of halogens is 3. The van der Waals surface area contributed by atoms with Crippen LogP contribution in [0.3, 0.4) is 0 Å². The van der Waals surface area contributed by atoms with Crippen LogP contribution >= 0.6 is 34.8 Å². The first-order chi connectivity index (χ1) is 10.8. The zero-order chi connectivity index (χ0) is 17.0. The van der Waals surface area contributed by atoms with Crippen LogP contribution in [0.1, 0.15) is 11.1 Å². The first kappa shape index (κ1) is 18.1. The summed E-state index contributed by atoms with van der Waals surface area (Å²) in [6, 6.07) is 11.0. The molecule has 6 heteroatoms. The fraction of sp³-hybridized carbons (Fsp3) is 0.235. The van der Waals surface area contributed by atoms with Gasteiger partial charge in [-0.05, 0) is 36.8 Å². The molecule has 0 aliphatic carbocycles. The molecule has 0 heterocycles. The lowest BCUT2D eigenvalue weighted by atomic mass is 10.2. The molecule has 2 aromatic rings. The molecule has 0 aromatic heterocycles. The molecular weight excluding hydrogens is 355 g/mol. The minimum atomic E-state index is -0.0895. The lowest BCUT2D eigenvalue weighted by Gasteiger charge is -2.15. The van der Waals surface area contributed by atoms with E-state index < -0.39 is 0 Å². The summed E-state index contributed by atoms with van der Waals surface area (Å²) < 4.78 is 0. The molecule has 0 bridgehead atoms. The van der Waals surface area contributed by atoms with Crippen LogP contribution in [0.2, 0.25) is 15.1 Å². The minimum absolute atomic E-state index is 0.0895. The SMILES string of the molecule is Cc1ccc(NC(=O)C[NH+](C)Cc2ccc(Cl)c(Cl)c2)c(Cl)c1. The Bertz CT molecular complexity index is 719. The number of carbonyl (C=O) groups is 1. The quantitative estimate of drug-likeness (QED) is 0.826. The van der Waals surface area contributed by atoms with Crippen molar-refractivity contribution in [3.63, 3.8) is 0 Å². The number of amides is 1. The molecule has 122 valence electrons. The number of likely N-dealkylation sites (N-methyl/N-ethyl adjacent to an activating group) is 1. The molecule has 1 amide bonds. The van der Waals surface area contributed by atoms with E-state index in [-0.39, 0.29) is 5.91 Å². The van der Waals surface area contributed by atoms with Crippen molar-refractivity contribution in [1.82, 2.24) is 0 Å². The van der Waals surface area contributed by atoms with E-state index in [4.69, 9.17) is 34.8 Å². The first-order valence-corrected chi connectivity index (χ1v) is 8.30. The highest BCUT2D eigenvalue weighted by atomic mass is 35.5. The van der Waals surface area contributed by atoms with E-state index >= 15 is 0 Å². The van der Waals surface area contributed by atoms with Crippen molar-refractivity contribution in [1.29, 1.82) is 0 Å². The van der Waals surface area contributed by atoms with Gasteiger partial charge in [0.15, 0.2) is 6.54 Å². The Labute approximate surface area is 151 Å². The van der Waals surface area contributed by atoms with Crippen molar-refractivity contribution < 1.29 is 9.69 Å². The third-order valence-electron chi connectivity index (χ3n) is 3.35. The van der Waals surface area contributed by atoms with E-state index in [1.165, 1.54) is 0 Å². The summed E-state index contributed by atoms with van der Waals surface area (Å²) in [4.78, 5) is 13.2. The molecule has 3 nitrogen and oxygen atoms in total. The molecule has 1 atom stereocenters. The summed E-state index contributed by atoms with van der Waals surface area (Å²) >= 11 is 18.0. The Hall–Kier alpha value is -1.26. The maximum absolute atomic E-state index is 12.1. The number of benzene rings is 2. The van der Waals surface area contributed by atoms with Crippen molar-refractivity contribution in [3.05, 3.63) is 62.6 Å². The molecule has 1 unspecified atom stereocenters. The predicted molar refractivity (Wildman–Crippen MR) is 96.7 cm³/mol. The summed E-state index contributed by atoms with van der Waals surface area (Å²) in [5, 5.41) is 4.43. The maximum atomic E-state index is 12.1. The van der Waals surface area contributed by atoms with Gasteiger partial charge in [0.05, 0.1) is 27.8 Å². The van der Waals surface area contributed by atoms with Gasteiger partial charge in [-0.3, -0.25) is 4.79 Å². The third kappa shape index (κ3) is 5.40. The van der Waals surface area contributed by atoms with E-state index in [1.807, 2.05) is 44.3 Å². The van der Waals surface area contributed by atoms with Crippen LogP contribution in [0.5, 0.6) is 0 Å². The number of hydrogen-bond donors (Lipinski definition) is 2. The van der Waals surface area contributed by atoms with Gasteiger partial charge in [0.25, 0.3) is 5.91 Å². The fourth-order valence-electron chi connectivity index (χ4n) is 2.25. The summed E-state index contributed by atoms with van der Waals surface area (Å²) in [5.74, 6) is -0.0895. The highest BCUT2D eigenvalue weighted by Gasteiger charge is 2.13. The van der Waals surface area contributed by atoms with Gasteiger partial charge in [0, 0.05) is 5.56 Å². The van der Waals surface area contributed by atoms with E-state index in [1.54, 1.807) is 6.07 Å². The predicted octanol–water partition coefficient (Wildman–Crippen LogP) is 3.61. The van der Waals surface area contributed by atoms with Crippen LogP contribution in [0.4, 0.5) is 5.69 Å². The number of aryl methyl sites for hydroxylation is 1. The van der Waals surface area contributed by atoms with Gasteiger partial charge in [-0.15, -0.1) is 0 Å². The molecule has 0 saturated carbocycles. The Morgan fingerprint density at radius 3 is 2.43 bits per heavy atom. The third-order valence-corrected chi connectivity index (χ3v) is 4.40. The lowest BCUT2D eigenvalue weighted by Crippen LogP contribution is -3.08. The second-order valence-electron chi connectivity index (χ2n) is 5.59. The summed E-state index contributed by atoms with van der Waals surface area (Å²) in [6.45, 7) is 2.95. The average molecular weight is 373 g/mol. The van der Waals surface area contributed by atoms with Crippen molar-refractivity contribution in [2.24, 2.45) is 0 Å². The molecule has 0 aliphatic rings. The van der Waals surface area contributed by atoms with Crippen molar-refractivity contribution >= 4 is 46.4 Å². The largest absolute Gasteiger partial charge is 0.326 e. The van der Waals surface area contributed by atoms with E-state index in [0.29, 0.717) is 33.8 Å². The molecule has 2 rings (SSSR count). The van der Waals surface area contributed by atoms with Gasteiger partial charge in [0.1, 0.15) is 6.54 Å². The normalized spacial score (nSPS) is 12.0. The standard InChI is InChI=1S/C17H17Cl3N2O/c1-11-3-6-16(15(20)7-11)21-17(23)10-22(2)9-12-4-5-13(18)14(19)8-12/h3-8H,9-10H2,1-2H3,(H,21,23)/p+1. The Morgan fingerprint density at radius 2 is 1.78 bits per heavy atom. The van der Waals surface area contributed by atoms with Gasteiger partial charge in [-0.1, -0.05) is 46.9 Å². The summed E-state index contributed by atoms with van der Waals surface area (Å²) in [6.07, 6.45) is 0. The topological polar surface area (TPSA) is 33.5 Å². The Morgan fingerprint density at radius 1 is 1.04 bits per heavy atom. The molecule has 0 aliphatic heterocycles. The van der Waals surface area contributed by atoms with Crippen molar-refractivity contribution in [3.8, 4) is 0 Å². The van der Waals surface area contributed by atoms with Gasteiger partial charge in [0.2, 0.25) is 0 Å². The number of quaternary nitrogens is 1. The zero-order valence-corrected chi connectivity index (χ0v) is 15.2. The number of anilines is 1. The van der Waals surface area contributed by atoms with Crippen LogP contribution in [-0.4, -0.2) is 19.5 Å². The Kier molecular flexibility index (Phi) is 6.31. The average Bonchev–Trinajstić information content (AvgIpc) is 2.46. The lowest BCUT2D eigenvalue weighted by molar-refractivity contribution is -0.885. The summed E-state index contributed by atoms with van der Waals surface area (Å²) in [5.41, 5.74) is 2.71. The highest BCUT2D eigenvalue weighted by molar-refractivity contribution is 6.42. The molecule has 0 spiro atoms. The monoisotopic (exact) mass is 371 g/mol. The van der Waals surface area contributed by atoms with Crippen LogP contribution in [0.25, 0.3) is 0 Å². The van der Waals surface area contributed by atoms with Crippen molar-refractivity contribution in [2.75, 3.05) is 18.9 Å². The first-order valence-electron chi connectivity index (χ1n) is 7.16. The maximum Gasteiger partial charge on any atom is 0.279 e. The van der Waals surface area contributed by atoms with Gasteiger partial charge >= 0.3 is 0 Å². The molecule has 2 N–H and O–H groups in total. The van der Waals surface area contributed by atoms with E-state index in [9.17, 15) is 4.79 Å². The second kappa shape index (κ2) is 8.02. The number of hydrogen-bond acceptors (Lipinski definition) is 1. The molecule has 2 aromatic carbocycles. The van der Waals surface area contributed by atoms with Crippen molar-refractivity contribution in [2.45, 2.75) is 13.5 Å². The number of carbonyl (C=O) groups excluding carboxylic acids is 1. The molecule has 23 heavy (non-hydrogen) atoms. The Balaban J connectivity index is 1.92. The number of rotatable bonds is 5. The van der Waals surface area contributed by atoms with Crippen LogP contribution in [0.15, 0.2) is 36.4 Å². The van der Waals surface area contributed by atoms with E-state index in [2.05, 4.69) is 5.32 Å². The van der Waals surface area contributed by atoms with Gasteiger partial charge < -0.3 is 10.2 Å². The molecule has 0 fully saturated rings. The molecular formula is C17H18Cl3N2O+. The number of nitrogens with one attached hydrogen (secondary N) is 2. The highest BCUT2D eigenvalue weighted by Crippen LogP contribution is 2.23.